The molecule has 3 aromatic carbocycles. The molecule has 182 valence electrons. The van der Waals surface area contributed by atoms with Gasteiger partial charge in [0.2, 0.25) is 0 Å². The summed E-state index contributed by atoms with van der Waals surface area (Å²) in [7, 11) is 0. The van der Waals surface area contributed by atoms with Crippen LogP contribution in [0.3, 0.4) is 0 Å². The van der Waals surface area contributed by atoms with Crippen LogP contribution in [0.1, 0.15) is 34.3 Å². The number of carboxylic acids is 1. The zero-order valence-electron chi connectivity index (χ0n) is 19.3. The summed E-state index contributed by atoms with van der Waals surface area (Å²) in [4.78, 5) is 23.9. The number of carbonyl (C=O) groups is 2. The second kappa shape index (κ2) is 12.8. The highest BCUT2D eigenvalue weighted by Gasteiger charge is 2.21. The second-order valence-electron chi connectivity index (χ2n) is 7.92. The molecule has 8 nitrogen and oxygen atoms in total. The van der Waals surface area contributed by atoms with Crippen LogP contribution in [0.15, 0.2) is 78.9 Å². The minimum absolute atomic E-state index is 0.0262. The fourth-order valence-electron chi connectivity index (χ4n) is 3.30. The van der Waals surface area contributed by atoms with Gasteiger partial charge in [0, 0.05) is 17.5 Å². The van der Waals surface area contributed by atoms with Gasteiger partial charge in [0.1, 0.15) is 23.4 Å². The van der Waals surface area contributed by atoms with E-state index >= 15 is 0 Å². The predicted molar refractivity (Wildman–Crippen MR) is 133 cm³/mol. The normalized spacial score (nSPS) is 11.3. The molecule has 8 heteroatoms. The Balaban J connectivity index is 1.38. The van der Waals surface area contributed by atoms with Crippen molar-refractivity contribution in [3.63, 3.8) is 0 Å². The Labute approximate surface area is 204 Å². The molecule has 0 spiro atoms. The zero-order chi connectivity index (χ0) is 25.0. The van der Waals surface area contributed by atoms with E-state index in [0.717, 1.165) is 24.2 Å². The lowest BCUT2D eigenvalue weighted by molar-refractivity contribution is -0.139. The third kappa shape index (κ3) is 8.19. The topological polar surface area (TPSA) is 135 Å². The summed E-state index contributed by atoms with van der Waals surface area (Å²) >= 11 is 0. The SMILES string of the molecule is N=C(N)c1ccc(OCCCCOc2ccc(C[C@H](NC(=O)c3ccccc3)C(=O)O)cc2)cc1. The van der Waals surface area contributed by atoms with Gasteiger partial charge < -0.3 is 25.6 Å². The molecule has 0 fully saturated rings. The van der Waals surface area contributed by atoms with Gasteiger partial charge in [-0.1, -0.05) is 30.3 Å². The molecule has 0 aromatic heterocycles. The van der Waals surface area contributed by atoms with Crippen molar-refractivity contribution < 1.29 is 24.2 Å². The number of amidine groups is 1. The Morgan fingerprint density at radius 2 is 1.37 bits per heavy atom. The van der Waals surface area contributed by atoms with Gasteiger partial charge in [-0.15, -0.1) is 0 Å². The lowest BCUT2D eigenvalue weighted by atomic mass is 10.1. The fraction of sp³-hybridized carbons (Fsp3) is 0.222. The number of nitrogen functional groups attached to an aromatic ring is 1. The van der Waals surface area contributed by atoms with E-state index in [2.05, 4.69) is 5.32 Å². The number of aliphatic carboxylic acids is 1. The first-order valence-corrected chi connectivity index (χ1v) is 11.3. The van der Waals surface area contributed by atoms with Crippen LogP contribution in [0, 0.1) is 5.41 Å². The van der Waals surface area contributed by atoms with Gasteiger partial charge in [0.05, 0.1) is 13.2 Å². The highest BCUT2D eigenvalue weighted by molar-refractivity contribution is 5.96. The standard InChI is InChI=1S/C27H29N3O5/c28-25(29)20-10-14-23(15-11-20)35-17-5-4-16-34-22-12-8-19(9-13-22)18-24(27(32)33)30-26(31)21-6-2-1-3-7-21/h1-3,6-15,24H,4-5,16-18H2,(H3,28,29)(H,30,31)(H,32,33)/t24-/m0/s1. The highest BCUT2D eigenvalue weighted by Crippen LogP contribution is 2.15. The van der Waals surface area contributed by atoms with Crippen LogP contribution < -0.4 is 20.5 Å². The molecule has 0 saturated heterocycles. The van der Waals surface area contributed by atoms with Gasteiger partial charge in [0.15, 0.2) is 0 Å². The molecule has 35 heavy (non-hydrogen) atoms. The molecular formula is C27H29N3O5. The molecule has 0 radical (unpaired) electrons. The monoisotopic (exact) mass is 475 g/mol. The van der Waals surface area contributed by atoms with Gasteiger partial charge in [0.25, 0.3) is 5.91 Å². The van der Waals surface area contributed by atoms with Gasteiger partial charge in [-0.05, 0) is 66.9 Å². The number of carbonyl (C=O) groups excluding carboxylic acids is 1. The van der Waals surface area contributed by atoms with Crippen LogP contribution >= 0.6 is 0 Å². The Bertz CT molecular complexity index is 1120. The van der Waals surface area contributed by atoms with Crippen molar-refractivity contribution in [1.29, 1.82) is 5.41 Å². The first kappa shape index (κ1) is 25.3. The van der Waals surface area contributed by atoms with Crippen LogP contribution in [-0.2, 0) is 11.2 Å². The number of hydrogen-bond donors (Lipinski definition) is 4. The minimum Gasteiger partial charge on any atom is -0.494 e. The van der Waals surface area contributed by atoms with Crippen molar-refractivity contribution in [2.45, 2.75) is 25.3 Å². The van der Waals surface area contributed by atoms with Crippen molar-refractivity contribution >= 4 is 17.7 Å². The minimum atomic E-state index is -1.09. The third-order valence-electron chi connectivity index (χ3n) is 5.24. The summed E-state index contributed by atoms with van der Waals surface area (Å²) in [5, 5.41) is 19.5. The van der Waals surface area contributed by atoms with E-state index in [0.29, 0.717) is 30.1 Å². The van der Waals surface area contributed by atoms with Crippen molar-refractivity contribution in [1.82, 2.24) is 5.32 Å². The average Bonchev–Trinajstić information content (AvgIpc) is 2.87. The molecule has 3 aromatic rings. The fourth-order valence-corrected chi connectivity index (χ4v) is 3.30. The van der Waals surface area contributed by atoms with Crippen LogP contribution in [0.4, 0.5) is 0 Å². The molecule has 0 aliphatic carbocycles. The maximum Gasteiger partial charge on any atom is 0.326 e. The third-order valence-corrected chi connectivity index (χ3v) is 5.24. The Morgan fingerprint density at radius 1 is 0.829 bits per heavy atom. The van der Waals surface area contributed by atoms with Gasteiger partial charge in [-0.3, -0.25) is 10.2 Å². The first-order valence-electron chi connectivity index (χ1n) is 11.3. The second-order valence-corrected chi connectivity index (χ2v) is 7.92. The van der Waals surface area contributed by atoms with Crippen molar-refractivity contribution in [2.75, 3.05) is 13.2 Å². The summed E-state index contributed by atoms with van der Waals surface area (Å²) in [6.45, 7) is 1.07. The maximum atomic E-state index is 12.3. The molecule has 1 amide bonds. The predicted octanol–water partition coefficient (Wildman–Crippen LogP) is 3.63. The van der Waals surface area contributed by atoms with Crippen molar-refractivity contribution in [3.8, 4) is 11.5 Å². The lowest BCUT2D eigenvalue weighted by Crippen LogP contribution is -2.42. The number of benzene rings is 3. The van der Waals surface area contributed by atoms with E-state index in [1.807, 2.05) is 0 Å². The van der Waals surface area contributed by atoms with Crippen LogP contribution in [0.2, 0.25) is 0 Å². The summed E-state index contributed by atoms with van der Waals surface area (Å²) in [6, 6.07) is 21.8. The number of rotatable bonds is 13. The van der Waals surface area contributed by atoms with Crippen LogP contribution in [0.25, 0.3) is 0 Å². The van der Waals surface area contributed by atoms with E-state index in [1.54, 1.807) is 78.9 Å². The van der Waals surface area contributed by atoms with Crippen molar-refractivity contribution in [2.24, 2.45) is 5.73 Å². The van der Waals surface area contributed by atoms with E-state index in [9.17, 15) is 14.7 Å². The van der Waals surface area contributed by atoms with E-state index < -0.39 is 17.9 Å². The molecule has 5 N–H and O–H groups in total. The Hall–Kier alpha value is -4.33. The van der Waals surface area contributed by atoms with Gasteiger partial charge >= 0.3 is 5.97 Å². The molecule has 0 saturated carbocycles. The van der Waals surface area contributed by atoms with Gasteiger partial charge in [-0.25, -0.2) is 4.79 Å². The van der Waals surface area contributed by atoms with Gasteiger partial charge in [-0.2, -0.15) is 0 Å². The number of nitrogens with one attached hydrogen (secondary N) is 2. The number of ether oxygens (including phenoxy) is 2. The van der Waals surface area contributed by atoms with Crippen LogP contribution in [-0.4, -0.2) is 42.1 Å². The number of unbranched alkanes of at least 4 members (excludes halogenated alkanes) is 1. The summed E-state index contributed by atoms with van der Waals surface area (Å²) < 4.78 is 11.4. The van der Waals surface area contributed by atoms with Crippen molar-refractivity contribution in [3.05, 3.63) is 95.6 Å². The smallest absolute Gasteiger partial charge is 0.326 e. The molecule has 3 rings (SSSR count). The maximum absolute atomic E-state index is 12.3. The molecule has 0 aliphatic rings. The summed E-state index contributed by atoms with van der Waals surface area (Å²) in [6.07, 6.45) is 1.78. The molecule has 0 aliphatic heterocycles. The Kier molecular flexibility index (Phi) is 9.24. The van der Waals surface area contributed by atoms with E-state index in [1.165, 1.54) is 0 Å². The van der Waals surface area contributed by atoms with E-state index in [-0.39, 0.29) is 12.3 Å². The lowest BCUT2D eigenvalue weighted by Gasteiger charge is -2.15. The molecular weight excluding hydrogens is 446 g/mol. The summed E-state index contributed by atoms with van der Waals surface area (Å²) in [5.74, 6) is -0.0688. The summed E-state index contributed by atoms with van der Waals surface area (Å²) in [5.41, 5.74) is 7.29. The number of hydrogen-bond acceptors (Lipinski definition) is 5. The number of carboxylic acid groups (broad SMARTS) is 1. The average molecular weight is 476 g/mol. The number of nitrogens with two attached hydrogens (primary N) is 1. The molecule has 1 atom stereocenters. The van der Waals surface area contributed by atoms with Crippen LogP contribution in [0.5, 0.6) is 11.5 Å². The zero-order valence-corrected chi connectivity index (χ0v) is 19.3. The highest BCUT2D eigenvalue weighted by atomic mass is 16.5. The first-order chi connectivity index (χ1) is 16.9. The molecule has 0 bridgehead atoms. The quantitative estimate of drug-likeness (QED) is 0.169. The largest absolute Gasteiger partial charge is 0.494 e. The van der Waals surface area contributed by atoms with E-state index in [4.69, 9.17) is 20.6 Å². The number of amides is 1. The Morgan fingerprint density at radius 3 is 1.89 bits per heavy atom. The molecule has 0 heterocycles. The molecule has 0 unspecified atom stereocenters.